The zero-order chi connectivity index (χ0) is 15.4. The Hall–Kier alpha value is -1.49. The Bertz CT molecular complexity index is 610. The van der Waals surface area contributed by atoms with Crippen LogP contribution in [-0.4, -0.2) is 16.4 Å². The molecule has 0 bridgehead atoms. The quantitative estimate of drug-likeness (QED) is 0.642. The van der Waals surface area contributed by atoms with Crippen LogP contribution in [0.2, 0.25) is 0 Å². The van der Waals surface area contributed by atoms with Gasteiger partial charge in [-0.05, 0) is 51.3 Å². The van der Waals surface area contributed by atoms with E-state index in [4.69, 9.17) is 4.74 Å². The largest absolute Gasteiger partial charge is 0.491 e. The number of benzene rings is 1. The Morgan fingerprint density at radius 3 is 2.67 bits per heavy atom. The van der Waals surface area contributed by atoms with Crippen molar-refractivity contribution in [1.82, 2.24) is 9.78 Å². The van der Waals surface area contributed by atoms with Crippen LogP contribution in [0.15, 0.2) is 24.3 Å². The normalized spacial score (nSPS) is 12.4. The smallest absolute Gasteiger partial charge is 0.165 e. The van der Waals surface area contributed by atoms with E-state index in [1.165, 1.54) is 11.6 Å². The molecule has 1 aromatic carbocycles. The highest BCUT2D eigenvalue weighted by molar-refractivity contribution is 7.80. The predicted molar refractivity (Wildman–Crippen MR) is 85.6 cm³/mol. The Morgan fingerprint density at radius 1 is 1.33 bits per heavy atom. The first-order valence-corrected chi connectivity index (χ1v) is 7.62. The molecule has 0 saturated carbocycles. The van der Waals surface area contributed by atoms with Crippen molar-refractivity contribution in [2.75, 3.05) is 6.61 Å². The summed E-state index contributed by atoms with van der Waals surface area (Å²) in [7, 11) is 0. The molecule has 21 heavy (non-hydrogen) atoms. The van der Waals surface area contributed by atoms with E-state index in [1.54, 1.807) is 18.2 Å². The SMILES string of the molecule is Cc1nn(C(C)S)c(C)c1CCCOc1ccccc1F. The molecular formula is C16H21FN2OS. The van der Waals surface area contributed by atoms with Crippen LogP contribution >= 0.6 is 12.6 Å². The van der Waals surface area contributed by atoms with Crippen molar-refractivity contribution in [3.05, 3.63) is 47.0 Å². The molecule has 2 rings (SSSR count). The van der Waals surface area contributed by atoms with Crippen molar-refractivity contribution in [2.45, 2.75) is 39.0 Å². The van der Waals surface area contributed by atoms with E-state index < -0.39 is 0 Å². The van der Waals surface area contributed by atoms with Crippen molar-refractivity contribution in [3.8, 4) is 5.75 Å². The summed E-state index contributed by atoms with van der Waals surface area (Å²) in [5.41, 5.74) is 3.40. The fourth-order valence-electron chi connectivity index (χ4n) is 2.42. The molecule has 0 aliphatic heterocycles. The third kappa shape index (κ3) is 3.79. The molecule has 1 aromatic heterocycles. The van der Waals surface area contributed by atoms with Gasteiger partial charge in [0.05, 0.1) is 17.7 Å². The first kappa shape index (κ1) is 15.9. The molecule has 0 saturated heterocycles. The second-order valence-electron chi connectivity index (χ2n) is 5.11. The minimum atomic E-state index is -0.318. The molecule has 3 nitrogen and oxygen atoms in total. The number of thiol groups is 1. The lowest BCUT2D eigenvalue weighted by molar-refractivity contribution is 0.295. The maximum Gasteiger partial charge on any atom is 0.165 e. The summed E-state index contributed by atoms with van der Waals surface area (Å²) < 4.78 is 20.8. The molecule has 2 aromatic rings. The highest BCUT2D eigenvalue weighted by Gasteiger charge is 2.13. The number of halogens is 1. The van der Waals surface area contributed by atoms with E-state index in [0.717, 1.165) is 24.2 Å². The fraction of sp³-hybridized carbons (Fsp3) is 0.438. The lowest BCUT2D eigenvalue weighted by Crippen LogP contribution is -2.04. The number of hydrogen-bond donors (Lipinski definition) is 1. The van der Waals surface area contributed by atoms with E-state index in [2.05, 4.69) is 24.7 Å². The second-order valence-corrected chi connectivity index (χ2v) is 5.86. The number of ether oxygens (including phenoxy) is 1. The van der Waals surface area contributed by atoms with Crippen molar-refractivity contribution >= 4 is 12.6 Å². The molecule has 1 atom stereocenters. The van der Waals surface area contributed by atoms with Crippen LogP contribution in [-0.2, 0) is 6.42 Å². The summed E-state index contributed by atoms with van der Waals surface area (Å²) in [6, 6.07) is 6.47. The van der Waals surface area contributed by atoms with Gasteiger partial charge in [-0.25, -0.2) is 4.39 Å². The number of aryl methyl sites for hydroxylation is 1. The van der Waals surface area contributed by atoms with Gasteiger partial charge in [-0.15, -0.1) is 0 Å². The standard InChI is InChI=1S/C16H21FN2OS/c1-11-14(12(2)19(18-11)13(3)21)7-6-10-20-16-9-5-4-8-15(16)17/h4-5,8-9,13,21H,6-7,10H2,1-3H3. The number of para-hydroxylation sites is 1. The zero-order valence-electron chi connectivity index (χ0n) is 12.6. The molecule has 0 spiro atoms. The van der Waals surface area contributed by atoms with Gasteiger partial charge in [0.1, 0.15) is 0 Å². The Labute approximate surface area is 130 Å². The molecule has 0 aliphatic carbocycles. The van der Waals surface area contributed by atoms with Crippen LogP contribution in [0.3, 0.4) is 0 Å². The monoisotopic (exact) mass is 308 g/mol. The first-order valence-electron chi connectivity index (χ1n) is 7.10. The maximum absolute atomic E-state index is 13.4. The van der Waals surface area contributed by atoms with Gasteiger partial charge in [-0.3, -0.25) is 4.68 Å². The Balaban J connectivity index is 1.91. The van der Waals surface area contributed by atoms with Crippen molar-refractivity contribution in [2.24, 2.45) is 0 Å². The molecule has 0 radical (unpaired) electrons. The molecule has 114 valence electrons. The van der Waals surface area contributed by atoms with Gasteiger partial charge >= 0.3 is 0 Å². The first-order chi connectivity index (χ1) is 10.0. The lowest BCUT2D eigenvalue weighted by atomic mass is 10.1. The molecule has 5 heteroatoms. The third-order valence-electron chi connectivity index (χ3n) is 3.49. The molecule has 1 unspecified atom stereocenters. The summed E-state index contributed by atoms with van der Waals surface area (Å²) in [4.78, 5) is 0. The van der Waals surface area contributed by atoms with Crippen LogP contribution in [0.1, 0.15) is 35.7 Å². The summed E-state index contributed by atoms with van der Waals surface area (Å²) in [5, 5.41) is 4.56. The Kier molecular flexibility index (Phi) is 5.28. The average Bonchev–Trinajstić information content (AvgIpc) is 2.73. The number of rotatable bonds is 6. The van der Waals surface area contributed by atoms with Crippen LogP contribution in [0.4, 0.5) is 4.39 Å². The van der Waals surface area contributed by atoms with E-state index in [-0.39, 0.29) is 11.2 Å². The zero-order valence-corrected chi connectivity index (χ0v) is 13.5. The molecular weight excluding hydrogens is 287 g/mol. The van der Waals surface area contributed by atoms with E-state index in [9.17, 15) is 4.39 Å². The average molecular weight is 308 g/mol. The highest BCUT2D eigenvalue weighted by Crippen LogP contribution is 2.21. The van der Waals surface area contributed by atoms with Crippen LogP contribution in [0.5, 0.6) is 5.75 Å². The molecule has 0 amide bonds. The molecule has 1 heterocycles. The van der Waals surface area contributed by atoms with Crippen LogP contribution in [0, 0.1) is 19.7 Å². The van der Waals surface area contributed by atoms with Gasteiger partial charge < -0.3 is 4.74 Å². The molecule has 0 N–H and O–H groups in total. The number of hydrogen-bond acceptors (Lipinski definition) is 3. The maximum atomic E-state index is 13.4. The van der Waals surface area contributed by atoms with Gasteiger partial charge in [-0.1, -0.05) is 12.1 Å². The second kappa shape index (κ2) is 6.98. The van der Waals surface area contributed by atoms with E-state index >= 15 is 0 Å². The van der Waals surface area contributed by atoms with Gasteiger partial charge in [-0.2, -0.15) is 17.7 Å². The molecule has 0 fully saturated rings. The van der Waals surface area contributed by atoms with Gasteiger partial charge in [0.25, 0.3) is 0 Å². The Morgan fingerprint density at radius 2 is 2.05 bits per heavy atom. The summed E-state index contributed by atoms with van der Waals surface area (Å²) in [6.07, 6.45) is 1.69. The van der Waals surface area contributed by atoms with E-state index in [1.807, 2.05) is 18.5 Å². The van der Waals surface area contributed by atoms with Gasteiger partial charge in [0.15, 0.2) is 11.6 Å². The fourth-order valence-corrected chi connectivity index (χ4v) is 2.64. The minimum Gasteiger partial charge on any atom is -0.491 e. The number of nitrogens with zero attached hydrogens (tertiary/aromatic N) is 2. The minimum absolute atomic E-state index is 0.0621. The summed E-state index contributed by atoms with van der Waals surface area (Å²) in [5.74, 6) is -0.00722. The lowest BCUT2D eigenvalue weighted by Gasteiger charge is -2.09. The summed E-state index contributed by atoms with van der Waals surface area (Å²) >= 11 is 4.42. The molecule has 0 aliphatic rings. The topological polar surface area (TPSA) is 27.1 Å². The summed E-state index contributed by atoms with van der Waals surface area (Å²) in [6.45, 7) is 6.54. The van der Waals surface area contributed by atoms with Crippen molar-refractivity contribution in [3.63, 3.8) is 0 Å². The highest BCUT2D eigenvalue weighted by atomic mass is 32.1. The number of aromatic nitrogens is 2. The van der Waals surface area contributed by atoms with Crippen LogP contribution in [0.25, 0.3) is 0 Å². The van der Waals surface area contributed by atoms with E-state index in [0.29, 0.717) is 12.4 Å². The van der Waals surface area contributed by atoms with Crippen molar-refractivity contribution in [1.29, 1.82) is 0 Å². The van der Waals surface area contributed by atoms with Crippen LogP contribution < -0.4 is 4.74 Å². The van der Waals surface area contributed by atoms with Gasteiger partial charge in [0.2, 0.25) is 0 Å². The van der Waals surface area contributed by atoms with Crippen molar-refractivity contribution < 1.29 is 9.13 Å². The van der Waals surface area contributed by atoms with Gasteiger partial charge in [0, 0.05) is 5.69 Å². The third-order valence-corrected chi connectivity index (χ3v) is 3.71. The predicted octanol–water partition coefficient (Wildman–Crippen LogP) is 4.10.